The van der Waals surface area contributed by atoms with Crippen LogP contribution in [0.25, 0.3) is 21.8 Å². The largest absolute Gasteiger partial charge is 0.477 e. The number of benzene rings is 3. The number of pyridine rings is 2. The van der Waals surface area contributed by atoms with E-state index in [1.165, 1.54) is 61.2 Å². The van der Waals surface area contributed by atoms with E-state index in [0.717, 1.165) is 91.1 Å². The summed E-state index contributed by atoms with van der Waals surface area (Å²) < 4.78 is 93.3. The summed E-state index contributed by atoms with van der Waals surface area (Å²) in [7, 11) is -8.61. The maximum Gasteiger partial charge on any atom is 0.341 e. The van der Waals surface area contributed by atoms with Crippen molar-refractivity contribution >= 4 is 66.8 Å². The van der Waals surface area contributed by atoms with E-state index in [4.69, 9.17) is 24.4 Å². The SMILES string of the molecule is CCN1CCN(c2cc3c(cc2F)c(=O)c(C(=O)O)cn3C2CC2)CC1.CCN1CCN(c2cc3c(cc2F)c(=O)c(C(=O)O)cn3C2CC2)CC1.Nc1ccc(S(=O)(=O)Nc2ncccn2)cc1.[O-][Cl+3]([O-])([O-])[O-].[Zn]. The number of nitrogen functional groups attached to an aromatic ring is 1. The van der Waals surface area contributed by atoms with Crippen LogP contribution in [0.1, 0.15) is 72.3 Å². The molecule has 0 spiro atoms. The monoisotopic (exact) mass is 1130 g/mol. The van der Waals surface area contributed by atoms with Crippen molar-refractivity contribution in [2.75, 3.05) is 85.7 Å². The third-order valence-electron chi connectivity index (χ3n) is 12.8. The second-order valence-electron chi connectivity index (χ2n) is 17.7. The van der Waals surface area contributed by atoms with Crippen LogP contribution < -0.4 is 49.7 Å². The molecule has 4 aliphatic rings. The van der Waals surface area contributed by atoms with Crippen LogP contribution in [0.5, 0.6) is 0 Å². The molecule has 3 aromatic carbocycles. The molecular weight excluding hydrogens is 1080 g/mol. The number of carboxylic acid groups (broad SMARTS) is 2. The zero-order chi connectivity index (χ0) is 53.6. The molecule has 398 valence electrons. The van der Waals surface area contributed by atoms with E-state index in [1.807, 2.05) is 18.9 Å². The van der Waals surface area contributed by atoms with Crippen molar-refractivity contribution in [3.8, 4) is 0 Å². The number of nitrogens with two attached hydrogens (primary N) is 1. The molecule has 5 heterocycles. The Kier molecular flexibility index (Phi) is 19.1. The van der Waals surface area contributed by atoms with Crippen molar-refractivity contribution in [2.24, 2.45) is 0 Å². The second kappa shape index (κ2) is 24.6. The minimum atomic E-state index is -4.94. The predicted molar refractivity (Wildman–Crippen MR) is 259 cm³/mol. The number of anilines is 4. The third-order valence-corrected chi connectivity index (χ3v) is 14.2. The zero-order valence-corrected chi connectivity index (χ0v) is 45.5. The summed E-state index contributed by atoms with van der Waals surface area (Å²) in [5.74, 6) is -3.45. The van der Waals surface area contributed by atoms with Crippen LogP contribution in [0, 0.1) is 21.9 Å². The van der Waals surface area contributed by atoms with E-state index < -0.39 is 54.7 Å². The Morgan fingerprint density at radius 2 is 1.07 bits per heavy atom. The Hall–Kier alpha value is -6.22. The van der Waals surface area contributed by atoms with E-state index in [1.54, 1.807) is 18.2 Å². The number of nitrogens with zero attached hydrogens (tertiary/aromatic N) is 8. The summed E-state index contributed by atoms with van der Waals surface area (Å²) in [4.78, 5) is 64.1. The van der Waals surface area contributed by atoms with E-state index >= 15 is 0 Å². The summed E-state index contributed by atoms with van der Waals surface area (Å²) in [6.45, 7) is 12.6. The van der Waals surface area contributed by atoms with Crippen molar-refractivity contribution < 1.29 is 85.4 Å². The minimum absolute atomic E-state index is 0. The first-order valence-electron chi connectivity index (χ1n) is 23.5. The molecule has 0 radical (unpaired) electrons. The Morgan fingerprint density at radius 3 is 1.40 bits per heavy atom. The number of likely N-dealkylation sites (N-methyl/N-ethyl adjacent to an activating group) is 2. The molecule has 0 amide bonds. The van der Waals surface area contributed by atoms with Crippen LogP contribution in [0.15, 0.2) is 93.9 Å². The molecule has 27 heteroatoms. The first-order chi connectivity index (χ1) is 35.1. The normalized spacial score (nSPS) is 16.1. The Morgan fingerprint density at radius 1 is 0.693 bits per heavy atom. The quantitative estimate of drug-likeness (QED) is 0.103. The number of sulfonamides is 1. The van der Waals surface area contributed by atoms with Crippen molar-refractivity contribution in [1.82, 2.24) is 28.9 Å². The van der Waals surface area contributed by atoms with Crippen LogP contribution in [0.4, 0.5) is 31.8 Å². The van der Waals surface area contributed by atoms with Crippen molar-refractivity contribution in [3.05, 3.63) is 123 Å². The molecule has 0 unspecified atom stereocenters. The maximum absolute atomic E-state index is 14.8. The Labute approximate surface area is 443 Å². The molecule has 0 bridgehead atoms. The van der Waals surface area contributed by atoms with Gasteiger partial charge in [-0.2, -0.15) is 0 Å². The number of nitrogens with one attached hydrogen (secondary N) is 1. The van der Waals surface area contributed by atoms with Crippen LogP contribution >= 0.6 is 0 Å². The molecule has 10 rings (SSSR count). The van der Waals surface area contributed by atoms with Gasteiger partial charge < -0.3 is 44.7 Å². The molecule has 22 nitrogen and oxygen atoms in total. The van der Waals surface area contributed by atoms with Gasteiger partial charge in [-0.1, -0.05) is 13.8 Å². The van der Waals surface area contributed by atoms with Gasteiger partial charge in [-0.05, 0) is 93.4 Å². The summed E-state index contributed by atoms with van der Waals surface area (Å²) in [5, 5.41) is 18.9. The number of fused-ring (bicyclic) bond motifs is 2. The predicted octanol–water partition coefficient (Wildman–Crippen LogP) is 0.732. The fourth-order valence-corrected chi connectivity index (χ4v) is 9.56. The number of aromatic nitrogens is 4. The van der Waals surface area contributed by atoms with Crippen molar-refractivity contribution in [2.45, 2.75) is 56.5 Å². The van der Waals surface area contributed by atoms with Crippen LogP contribution in [0.3, 0.4) is 0 Å². The molecular formula is C48H54ClF2N10O12SZn-. The van der Waals surface area contributed by atoms with E-state index in [2.05, 4.69) is 38.3 Å². The molecule has 6 aromatic rings. The van der Waals surface area contributed by atoms with Gasteiger partial charge in [-0.25, -0.2) is 60.1 Å². The van der Waals surface area contributed by atoms with Gasteiger partial charge >= 0.3 is 11.9 Å². The van der Waals surface area contributed by atoms with Gasteiger partial charge in [-0.3, -0.25) is 9.59 Å². The van der Waals surface area contributed by atoms with Gasteiger partial charge in [0.15, 0.2) is 0 Å². The molecule has 4 fully saturated rings. The van der Waals surface area contributed by atoms with E-state index in [-0.39, 0.29) is 64.3 Å². The first-order valence-corrected chi connectivity index (χ1v) is 26.2. The van der Waals surface area contributed by atoms with Gasteiger partial charge in [-0.15, -0.1) is 10.2 Å². The zero-order valence-electron chi connectivity index (χ0n) is 40.9. The second-order valence-corrected chi connectivity index (χ2v) is 20.2. The van der Waals surface area contributed by atoms with Gasteiger partial charge in [0.05, 0.1) is 27.3 Å². The molecule has 2 saturated heterocycles. The molecule has 5 N–H and O–H groups in total. The molecule has 0 atom stereocenters. The van der Waals surface area contributed by atoms with Crippen LogP contribution in [0.2, 0.25) is 0 Å². The first kappa shape index (κ1) is 58.1. The number of hydrogen-bond acceptors (Lipinski definition) is 17. The fourth-order valence-electron chi connectivity index (χ4n) is 8.60. The topological polar surface area (TPSA) is 322 Å². The number of piperazine rings is 2. The number of aromatic carboxylic acids is 2. The number of carboxylic acids is 2. The van der Waals surface area contributed by atoms with Crippen molar-refractivity contribution in [3.63, 3.8) is 0 Å². The fraction of sp³-hybridized carbons (Fsp3) is 0.375. The number of rotatable bonds is 11. The summed E-state index contributed by atoms with van der Waals surface area (Å²) >= 11 is 0. The average Bonchev–Trinajstić information content (AvgIpc) is 4.31. The molecule has 2 saturated carbocycles. The summed E-state index contributed by atoms with van der Waals surface area (Å²) in [6.07, 6.45) is 9.51. The molecule has 75 heavy (non-hydrogen) atoms. The summed E-state index contributed by atoms with van der Waals surface area (Å²) in [6, 6.07) is 13.7. The van der Waals surface area contributed by atoms with Gasteiger partial charge in [0.25, 0.3) is 10.0 Å². The Balaban J connectivity index is 0.000000177. The van der Waals surface area contributed by atoms with Gasteiger partial charge in [0.1, 0.15) is 22.8 Å². The number of halogens is 3. The molecule has 2 aliphatic heterocycles. The standard InChI is InChI=1S/2C19H22FN3O3.C10H10N4O2S.ClHO4.Zn/c2*1-2-21-5-7-22(8-6-21)17-10-16-13(9-15(17)20)18(24)14(19(25)26)11-23(16)12-3-4-12;11-8-2-4-9(5-3-8)17(15,16)14-10-12-6-1-7-13-10;2-1(3,4)5;/h2*9-12H,2-8H2,1H3,(H,25,26);1-7H,11H2,(H,12,13,14);(H,2,3,4,5);/p-1. The van der Waals surface area contributed by atoms with Gasteiger partial charge in [0, 0.05) is 125 Å². The number of carbonyl (C=O) groups is 2. The Bertz CT molecular complexity index is 3080. The van der Waals surface area contributed by atoms with E-state index in [0.29, 0.717) is 28.1 Å². The molecule has 3 aromatic heterocycles. The van der Waals surface area contributed by atoms with E-state index in [9.17, 15) is 46.6 Å². The summed E-state index contributed by atoms with van der Waals surface area (Å²) in [5.41, 5.74) is 6.37. The third kappa shape index (κ3) is 14.8. The van der Waals surface area contributed by atoms with Crippen LogP contribution in [-0.4, -0.2) is 125 Å². The minimum Gasteiger partial charge on any atom is -0.477 e. The molecule has 2 aliphatic carbocycles. The maximum atomic E-state index is 14.8. The van der Waals surface area contributed by atoms with Gasteiger partial charge in [0.2, 0.25) is 16.8 Å². The van der Waals surface area contributed by atoms with Crippen molar-refractivity contribution in [1.29, 1.82) is 0 Å². The number of hydrogen-bond donors (Lipinski definition) is 4. The average molecular weight is 1130 g/mol. The smallest absolute Gasteiger partial charge is 0.341 e. The van der Waals surface area contributed by atoms with Crippen LogP contribution in [-0.2, 0) is 29.5 Å².